The summed E-state index contributed by atoms with van der Waals surface area (Å²) in [6.07, 6.45) is 7.31. The van der Waals surface area contributed by atoms with E-state index in [1.807, 2.05) is 13.8 Å². The van der Waals surface area contributed by atoms with Crippen LogP contribution in [0, 0.1) is 6.92 Å². The lowest BCUT2D eigenvalue weighted by molar-refractivity contribution is 0.0695. The predicted octanol–water partition coefficient (Wildman–Crippen LogP) is 3.17. The van der Waals surface area contributed by atoms with Crippen LogP contribution in [0.1, 0.15) is 55.1 Å². The molecule has 2 heterocycles. The SMILES string of the molecule is CCn1cc(C(=O)O)c(=O)c2cc(NC3CCCCC3)c(C)nc21. The van der Waals surface area contributed by atoms with Crippen molar-refractivity contribution in [1.29, 1.82) is 0 Å². The molecule has 0 amide bonds. The van der Waals surface area contributed by atoms with E-state index < -0.39 is 11.4 Å². The van der Waals surface area contributed by atoms with Gasteiger partial charge in [-0.1, -0.05) is 19.3 Å². The van der Waals surface area contributed by atoms with Crippen molar-refractivity contribution in [3.63, 3.8) is 0 Å². The van der Waals surface area contributed by atoms with Gasteiger partial charge in [-0.2, -0.15) is 0 Å². The number of rotatable bonds is 4. The molecular formula is C18H23N3O3. The Labute approximate surface area is 140 Å². The van der Waals surface area contributed by atoms with E-state index in [1.54, 1.807) is 10.6 Å². The van der Waals surface area contributed by atoms with Crippen LogP contribution in [0.5, 0.6) is 0 Å². The number of anilines is 1. The number of carboxylic acids is 1. The van der Waals surface area contributed by atoms with Crippen molar-refractivity contribution in [3.05, 3.63) is 33.7 Å². The topological polar surface area (TPSA) is 84.2 Å². The van der Waals surface area contributed by atoms with Gasteiger partial charge >= 0.3 is 5.97 Å². The zero-order valence-corrected chi connectivity index (χ0v) is 14.1. The van der Waals surface area contributed by atoms with Crippen molar-refractivity contribution < 1.29 is 9.90 Å². The third-order valence-electron chi connectivity index (χ3n) is 4.78. The lowest BCUT2D eigenvalue weighted by Gasteiger charge is -2.25. The number of fused-ring (bicyclic) bond motifs is 1. The number of carboxylic acid groups (broad SMARTS) is 1. The van der Waals surface area contributed by atoms with Crippen LogP contribution in [-0.4, -0.2) is 26.7 Å². The molecule has 24 heavy (non-hydrogen) atoms. The van der Waals surface area contributed by atoms with Crippen molar-refractivity contribution in [1.82, 2.24) is 9.55 Å². The Morgan fingerprint density at radius 3 is 2.71 bits per heavy atom. The molecule has 1 aliphatic rings. The lowest BCUT2D eigenvalue weighted by atomic mass is 9.95. The van der Waals surface area contributed by atoms with Crippen LogP contribution in [0.15, 0.2) is 17.1 Å². The highest BCUT2D eigenvalue weighted by Crippen LogP contribution is 2.25. The normalized spacial score (nSPS) is 15.6. The average Bonchev–Trinajstić information content (AvgIpc) is 2.57. The van der Waals surface area contributed by atoms with Crippen molar-refractivity contribution in [2.24, 2.45) is 0 Å². The Balaban J connectivity index is 2.12. The number of pyridine rings is 2. The van der Waals surface area contributed by atoms with E-state index in [2.05, 4.69) is 10.3 Å². The number of aromatic carboxylic acids is 1. The highest BCUT2D eigenvalue weighted by atomic mass is 16.4. The highest BCUT2D eigenvalue weighted by Gasteiger charge is 2.18. The minimum Gasteiger partial charge on any atom is -0.477 e. The summed E-state index contributed by atoms with van der Waals surface area (Å²) >= 11 is 0. The summed E-state index contributed by atoms with van der Waals surface area (Å²) in [6.45, 7) is 4.37. The van der Waals surface area contributed by atoms with E-state index >= 15 is 0 Å². The van der Waals surface area contributed by atoms with E-state index in [4.69, 9.17) is 0 Å². The van der Waals surface area contributed by atoms with Crippen molar-refractivity contribution in [3.8, 4) is 0 Å². The minimum atomic E-state index is -1.20. The molecule has 1 fully saturated rings. The summed E-state index contributed by atoms with van der Waals surface area (Å²) in [5, 5.41) is 13.1. The Kier molecular flexibility index (Phi) is 4.55. The molecule has 0 bridgehead atoms. The van der Waals surface area contributed by atoms with Crippen LogP contribution >= 0.6 is 0 Å². The fraction of sp³-hybridized carbons (Fsp3) is 0.500. The molecule has 0 saturated heterocycles. The van der Waals surface area contributed by atoms with Crippen molar-refractivity contribution in [2.45, 2.75) is 58.5 Å². The van der Waals surface area contributed by atoms with Crippen molar-refractivity contribution >= 4 is 22.7 Å². The number of nitrogens with zero attached hydrogens (tertiary/aromatic N) is 2. The van der Waals surface area contributed by atoms with Gasteiger partial charge in [0.2, 0.25) is 5.43 Å². The van der Waals surface area contributed by atoms with Gasteiger partial charge < -0.3 is 15.0 Å². The molecule has 128 valence electrons. The third-order valence-corrected chi connectivity index (χ3v) is 4.78. The Morgan fingerprint density at radius 1 is 1.38 bits per heavy atom. The van der Waals surface area contributed by atoms with Crippen LogP contribution in [0.25, 0.3) is 11.0 Å². The second-order valence-electron chi connectivity index (χ2n) is 6.43. The molecule has 1 aliphatic carbocycles. The van der Waals surface area contributed by atoms with Gasteiger partial charge in [-0.05, 0) is 32.8 Å². The quantitative estimate of drug-likeness (QED) is 0.900. The number of hydrogen-bond donors (Lipinski definition) is 2. The number of nitrogens with one attached hydrogen (secondary N) is 1. The highest BCUT2D eigenvalue weighted by molar-refractivity contribution is 5.92. The molecule has 0 aliphatic heterocycles. The first-order valence-electron chi connectivity index (χ1n) is 8.56. The Morgan fingerprint density at radius 2 is 2.08 bits per heavy atom. The number of aromatic nitrogens is 2. The van der Waals surface area contributed by atoms with E-state index in [0.29, 0.717) is 23.6 Å². The first-order valence-corrected chi connectivity index (χ1v) is 8.56. The van der Waals surface area contributed by atoms with Crippen LogP contribution in [0.4, 0.5) is 5.69 Å². The second-order valence-corrected chi connectivity index (χ2v) is 6.43. The molecule has 0 atom stereocenters. The minimum absolute atomic E-state index is 0.210. The molecule has 6 heteroatoms. The molecule has 0 aromatic carbocycles. The van der Waals surface area contributed by atoms with Gasteiger partial charge in [0.1, 0.15) is 11.2 Å². The Hall–Kier alpha value is -2.37. The molecule has 3 rings (SSSR count). The maximum atomic E-state index is 12.5. The smallest absolute Gasteiger partial charge is 0.341 e. The van der Waals surface area contributed by atoms with Crippen LogP contribution in [-0.2, 0) is 6.54 Å². The van der Waals surface area contributed by atoms with Crippen LogP contribution in [0.3, 0.4) is 0 Å². The van der Waals surface area contributed by atoms with Gasteiger partial charge in [-0.25, -0.2) is 9.78 Å². The van der Waals surface area contributed by atoms with Gasteiger partial charge in [0.05, 0.1) is 16.8 Å². The first-order chi connectivity index (χ1) is 11.5. The largest absolute Gasteiger partial charge is 0.477 e. The summed E-state index contributed by atoms with van der Waals surface area (Å²) < 4.78 is 1.72. The van der Waals surface area contributed by atoms with Gasteiger partial charge in [0.15, 0.2) is 0 Å². The number of carbonyl (C=O) groups is 1. The van der Waals surface area contributed by atoms with E-state index in [0.717, 1.165) is 24.2 Å². The molecule has 1 saturated carbocycles. The van der Waals surface area contributed by atoms with Gasteiger partial charge in [0.25, 0.3) is 0 Å². The fourth-order valence-corrected chi connectivity index (χ4v) is 3.41. The summed E-state index contributed by atoms with van der Waals surface area (Å²) in [4.78, 5) is 28.5. The maximum Gasteiger partial charge on any atom is 0.341 e. The molecule has 2 aromatic rings. The fourth-order valence-electron chi connectivity index (χ4n) is 3.41. The van der Waals surface area contributed by atoms with Gasteiger partial charge in [-0.3, -0.25) is 4.79 Å². The molecule has 6 nitrogen and oxygen atoms in total. The zero-order chi connectivity index (χ0) is 17.3. The van der Waals surface area contributed by atoms with E-state index in [-0.39, 0.29) is 5.56 Å². The maximum absolute atomic E-state index is 12.5. The second kappa shape index (κ2) is 6.63. The summed E-state index contributed by atoms with van der Waals surface area (Å²) in [6, 6.07) is 2.17. The average molecular weight is 329 g/mol. The lowest BCUT2D eigenvalue weighted by Crippen LogP contribution is -2.24. The molecular weight excluding hydrogens is 306 g/mol. The summed E-state index contributed by atoms with van der Waals surface area (Å²) in [5.74, 6) is -1.20. The van der Waals surface area contributed by atoms with Crippen molar-refractivity contribution in [2.75, 3.05) is 5.32 Å². The van der Waals surface area contributed by atoms with E-state index in [1.165, 1.54) is 25.5 Å². The zero-order valence-electron chi connectivity index (χ0n) is 14.1. The summed E-state index contributed by atoms with van der Waals surface area (Å²) in [7, 11) is 0. The monoisotopic (exact) mass is 329 g/mol. The number of aryl methyl sites for hydroxylation is 2. The third kappa shape index (κ3) is 3.00. The molecule has 0 radical (unpaired) electrons. The number of hydrogen-bond acceptors (Lipinski definition) is 4. The molecule has 2 N–H and O–H groups in total. The molecule has 0 spiro atoms. The standard InChI is InChI=1S/C18H23N3O3/c1-3-21-10-14(18(23)24)16(22)13-9-15(11(2)19-17(13)21)20-12-7-5-4-6-8-12/h9-10,12,20H,3-8H2,1-2H3,(H,23,24). The molecule has 2 aromatic heterocycles. The molecule has 0 unspecified atom stereocenters. The van der Waals surface area contributed by atoms with Gasteiger partial charge in [0, 0.05) is 18.8 Å². The van der Waals surface area contributed by atoms with Crippen LogP contribution < -0.4 is 10.7 Å². The summed E-state index contributed by atoms with van der Waals surface area (Å²) in [5.41, 5.74) is 1.52. The first kappa shape index (κ1) is 16.5. The Bertz CT molecular complexity index is 835. The van der Waals surface area contributed by atoms with Gasteiger partial charge in [-0.15, -0.1) is 0 Å². The van der Waals surface area contributed by atoms with E-state index in [9.17, 15) is 14.7 Å². The van der Waals surface area contributed by atoms with Crippen LogP contribution in [0.2, 0.25) is 0 Å². The predicted molar refractivity (Wildman–Crippen MR) is 93.9 cm³/mol.